The number of nitrogens with one attached hydrogen (secondary N) is 1. The molecule has 1 fully saturated rings. The Kier molecular flexibility index (Phi) is 4.23. The Balaban J connectivity index is 1.73. The van der Waals surface area contributed by atoms with Crippen LogP contribution in [0.4, 0.5) is 0 Å². The van der Waals surface area contributed by atoms with Gasteiger partial charge in [-0.1, -0.05) is 17.4 Å². The first-order valence-corrected chi connectivity index (χ1v) is 9.25. The third-order valence-corrected chi connectivity index (χ3v) is 5.92. The average molecular weight is 358 g/mol. The summed E-state index contributed by atoms with van der Waals surface area (Å²) in [7, 11) is 5.89. The van der Waals surface area contributed by atoms with Crippen molar-refractivity contribution in [2.45, 2.75) is 19.0 Å². The van der Waals surface area contributed by atoms with Crippen LogP contribution in [0.25, 0.3) is 21.1 Å². The second-order valence-corrected chi connectivity index (χ2v) is 7.85. The number of likely N-dealkylation sites (N-methyl/N-ethyl adjacent to an activating group) is 1. The molecule has 1 aliphatic rings. The van der Waals surface area contributed by atoms with Gasteiger partial charge < -0.3 is 14.6 Å². The number of aromatic nitrogens is 2. The summed E-state index contributed by atoms with van der Waals surface area (Å²) >= 11 is 1.56. The minimum Gasteiger partial charge on any atom is -0.496 e. The monoisotopic (exact) mass is 358 g/mol. The molecular formula is C18H22N4O2S. The fourth-order valence-corrected chi connectivity index (χ4v) is 4.57. The van der Waals surface area contributed by atoms with E-state index in [2.05, 4.69) is 28.9 Å². The fourth-order valence-electron chi connectivity index (χ4n) is 3.56. The van der Waals surface area contributed by atoms with Crippen LogP contribution in [-0.2, 0) is 6.54 Å². The van der Waals surface area contributed by atoms with Crippen molar-refractivity contribution in [3.05, 3.63) is 33.6 Å². The zero-order chi connectivity index (χ0) is 17.6. The molecule has 0 aliphatic carbocycles. The van der Waals surface area contributed by atoms with Crippen LogP contribution in [0.2, 0.25) is 0 Å². The zero-order valence-electron chi connectivity index (χ0n) is 14.7. The molecule has 132 valence electrons. The Labute approximate surface area is 150 Å². The van der Waals surface area contributed by atoms with Gasteiger partial charge in [0.15, 0.2) is 0 Å². The molecule has 1 unspecified atom stereocenters. The number of hydrogen-bond donors (Lipinski definition) is 1. The van der Waals surface area contributed by atoms with Crippen LogP contribution in [-0.4, -0.2) is 60.1 Å². The van der Waals surface area contributed by atoms with E-state index in [1.807, 2.05) is 18.2 Å². The topological polar surface area (TPSA) is 61.5 Å². The van der Waals surface area contributed by atoms with Crippen LogP contribution in [0.3, 0.4) is 0 Å². The van der Waals surface area contributed by atoms with Crippen molar-refractivity contribution in [3.63, 3.8) is 0 Å². The Bertz CT molecular complexity index is 978. The highest BCUT2D eigenvalue weighted by molar-refractivity contribution is 7.18. The molecule has 0 bridgehead atoms. The second kappa shape index (κ2) is 6.40. The molecule has 2 aromatic heterocycles. The standard InChI is InChI=1S/C18H22N4O2S/c1-21(2)11-7-8-22(9-11)10-14-19-16-15-12(5-4-6-13(15)24-3)17(23)20-18(16)25-14/h4-6,11H,7-10H2,1-3H3,(H,20,23). The summed E-state index contributed by atoms with van der Waals surface area (Å²) in [4.78, 5) is 25.7. The van der Waals surface area contributed by atoms with Crippen LogP contribution in [0.5, 0.6) is 5.75 Å². The van der Waals surface area contributed by atoms with Gasteiger partial charge in [0.05, 0.1) is 24.4 Å². The molecule has 0 amide bonds. The maximum atomic E-state index is 12.4. The lowest BCUT2D eigenvalue weighted by Crippen LogP contribution is -2.31. The molecule has 25 heavy (non-hydrogen) atoms. The van der Waals surface area contributed by atoms with E-state index in [0.29, 0.717) is 17.2 Å². The summed E-state index contributed by atoms with van der Waals surface area (Å²) in [6.07, 6.45) is 1.19. The molecule has 1 N–H and O–H groups in total. The maximum Gasteiger partial charge on any atom is 0.257 e. The van der Waals surface area contributed by atoms with Crippen LogP contribution in [0.1, 0.15) is 11.4 Å². The van der Waals surface area contributed by atoms with Crippen molar-refractivity contribution in [1.29, 1.82) is 0 Å². The van der Waals surface area contributed by atoms with Gasteiger partial charge in [0.1, 0.15) is 21.1 Å². The minimum atomic E-state index is -0.0922. The van der Waals surface area contributed by atoms with Crippen LogP contribution in [0.15, 0.2) is 23.0 Å². The quantitative estimate of drug-likeness (QED) is 0.775. The number of nitrogens with zero attached hydrogens (tertiary/aromatic N) is 3. The summed E-state index contributed by atoms with van der Waals surface area (Å²) in [6.45, 7) is 2.96. The Hall–Kier alpha value is -1.96. The predicted octanol–water partition coefficient (Wildman–Crippen LogP) is 2.28. The maximum absolute atomic E-state index is 12.4. The van der Waals surface area contributed by atoms with E-state index in [0.717, 1.165) is 40.4 Å². The van der Waals surface area contributed by atoms with E-state index in [1.165, 1.54) is 6.42 Å². The summed E-state index contributed by atoms with van der Waals surface area (Å²) in [5.41, 5.74) is 0.737. The van der Waals surface area contributed by atoms with Gasteiger partial charge in [-0.05, 0) is 32.6 Å². The zero-order valence-corrected chi connectivity index (χ0v) is 15.5. The number of benzene rings is 1. The van der Waals surface area contributed by atoms with Crippen molar-refractivity contribution in [2.75, 3.05) is 34.3 Å². The van der Waals surface area contributed by atoms with Gasteiger partial charge in [-0.3, -0.25) is 9.69 Å². The molecular weight excluding hydrogens is 336 g/mol. The molecule has 0 spiro atoms. The van der Waals surface area contributed by atoms with Gasteiger partial charge in [0, 0.05) is 19.1 Å². The molecule has 7 heteroatoms. The first-order chi connectivity index (χ1) is 12.1. The van der Waals surface area contributed by atoms with Crippen molar-refractivity contribution >= 4 is 32.5 Å². The molecule has 1 atom stereocenters. The Morgan fingerprint density at radius 1 is 1.44 bits per heavy atom. The van der Waals surface area contributed by atoms with Crippen molar-refractivity contribution in [2.24, 2.45) is 0 Å². The lowest BCUT2D eigenvalue weighted by molar-refractivity contribution is 0.264. The smallest absolute Gasteiger partial charge is 0.257 e. The van der Waals surface area contributed by atoms with Gasteiger partial charge in [-0.2, -0.15) is 0 Å². The molecule has 4 rings (SSSR count). The summed E-state index contributed by atoms with van der Waals surface area (Å²) in [5, 5.41) is 2.46. The molecule has 3 aromatic rings. The van der Waals surface area contributed by atoms with E-state index >= 15 is 0 Å². The summed E-state index contributed by atoms with van der Waals surface area (Å²) < 4.78 is 5.47. The van der Waals surface area contributed by atoms with Crippen LogP contribution in [0, 0.1) is 0 Å². The number of fused-ring (bicyclic) bond motifs is 3. The van der Waals surface area contributed by atoms with Crippen molar-refractivity contribution in [1.82, 2.24) is 19.8 Å². The lowest BCUT2D eigenvalue weighted by Gasteiger charge is -2.19. The van der Waals surface area contributed by atoms with E-state index in [4.69, 9.17) is 9.72 Å². The largest absolute Gasteiger partial charge is 0.496 e. The first kappa shape index (κ1) is 16.5. The number of aromatic amines is 1. The normalized spacial score (nSPS) is 18.6. The summed E-state index contributed by atoms with van der Waals surface area (Å²) in [5.74, 6) is 0.694. The number of methoxy groups -OCH3 is 1. The van der Waals surface area contributed by atoms with Gasteiger partial charge in [0.25, 0.3) is 5.56 Å². The van der Waals surface area contributed by atoms with E-state index < -0.39 is 0 Å². The lowest BCUT2D eigenvalue weighted by atomic mass is 10.1. The molecule has 3 heterocycles. The molecule has 6 nitrogen and oxygen atoms in total. The van der Waals surface area contributed by atoms with E-state index in [1.54, 1.807) is 18.4 Å². The average Bonchev–Trinajstić information content (AvgIpc) is 3.21. The van der Waals surface area contributed by atoms with E-state index in [-0.39, 0.29) is 5.56 Å². The molecule has 1 saturated heterocycles. The summed E-state index contributed by atoms with van der Waals surface area (Å²) in [6, 6.07) is 6.14. The third kappa shape index (κ3) is 2.92. The van der Waals surface area contributed by atoms with Crippen molar-refractivity contribution in [3.8, 4) is 5.75 Å². The minimum absolute atomic E-state index is 0.0922. The highest BCUT2D eigenvalue weighted by Crippen LogP contribution is 2.32. The van der Waals surface area contributed by atoms with Gasteiger partial charge in [-0.15, -0.1) is 0 Å². The molecule has 0 saturated carbocycles. The predicted molar refractivity (Wildman–Crippen MR) is 102 cm³/mol. The highest BCUT2D eigenvalue weighted by Gasteiger charge is 2.25. The second-order valence-electron chi connectivity index (χ2n) is 6.76. The van der Waals surface area contributed by atoms with Crippen LogP contribution < -0.4 is 10.3 Å². The number of likely N-dealkylation sites (tertiary alicyclic amines) is 1. The first-order valence-electron chi connectivity index (χ1n) is 8.44. The van der Waals surface area contributed by atoms with Gasteiger partial charge in [-0.25, -0.2) is 4.98 Å². The van der Waals surface area contributed by atoms with Crippen molar-refractivity contribution < 1.29 is 4.74 Å². The molecule has 1 aliphatic heterocycles. The Morgan fingerprint density at radius 3 is 3.00 bits per heavy atom. The number of H-pyrrole nitrogens is 1. The molecule has 1 aromatic carbocycles. The van der Waals surface area contributed by atoms with Crippen LogP contribution >= 0.6 is 11.3 Å². The third-order valence-electron chi connectivity index (χ3n) is 4.96. The number of hydrogen-bond acceptors (Lipinski definition) is 6. The molecule has 0 radical (unpaired) electrons. The van der Waals surface area contributed by atoms with E-state index in [9.17, 15) is 4.79 Å². The number of pyridine rings is 1. The van der Waals surface area contributed by atoms with Gasteiger partial charge >= 0.3 is 0 Å². The fraction of sp³-hybridized carbons (Fsp3) is 0.444. The number of ether oxygens (including phenoxy) is 1. The van der Waals surface area contributed by atoms with Gasteiger partial charge in [0.2, 0.25) is 0 Å². The Morgan fingerprint density at radius 2 is 2.28 bits per heavy atom. The SMILES string of the molecule is COc1cccc2c(=O)[nH]c3sc(CN4CCC(N(C)C)C4)nc3c12. The highest BCUT2D eigenvalue weighted by atomic mass is 32.1. The number of rotatable bonds is 4. The number of thiazole rings is 1.